The summed E-state index contributed by atoms with van der Waals surface area (Å²) in [5.41, 5.74) is 0.843. The second-order valence-electron chi connectivity index (χ2n) is 4.32. The number of hydrogen-bond acceptors (Lipinski definition) is 4. The van der Waals surface area contributed by atoms with Crippen molar-refractivity contribution in [3.05, 3.63) is 23.2 Å². The fourth-order valence-corrected chi connectivity index (χ4v) is 2.15. The highest BCUT2D eigenvalue weighted by Gasteiger charge is 2.05. The first-order chi connectivity index (χ1) is 9.31. The predicted octanol–water partition coefficient (Wildman–Crippen LogP) is 3.11. The lowest BCUT2D eigenvalue weighted by Gasteiger charge is -2.08. The Morgan fingerprint density at radius 2 is 2.21 bits per heavy atom. The highest BCUT2D eigenvalue weighted by molar-refractivity contribution is 9.10. The number of ether oxygens (including phenoxy) is 1. The molecular formula is C13H19BrN4O. The second-order valence-corrected chi connectivity index (χ2v) is 5.13. The number of aromatic nitrogens is 3. The lowest BCUT2D eigenvalue weighted by molar-refractivity contribution is 0.131. The number of anilines is 1. The summed E-state index contributed by atoms with van der Waals surface area (Å²) in [4.78, 5) is 8.69. The minimum absolute atomic E-state index is 0.783. The van der Waals surface area contributed by atoms with Gasteiger partial charge in [-0.15, -0.1) is 0 Å². The molecule has 1 N–H and O–H groups in total. The van der Waals surface area contributed by atoms with Crippen LogP contribution in [0.5, 0.6) is 0 Å². The molecule has 2 heterocycles. The molecule has 0 fully saturated rings. The molecule has 0 saturated heterocycles. The van der Waals surface area contributed by atoms with Gasteiger partial charge in [-0.1, -0.05) is 13.3 Å². The molecule has 5 nitrogen and oxygen atoms in total. The summed E-state index contributed by atoms with van der Waals surface area (Å²) in [6, 6.07) is 0. The quantitative estimate of drug-likeness (QED) is 0.757. The Hall–Kier alpha value is -1.14. The number of hydrogen-bond donors (Lipinski definition) is 1. The molecule has 6 heteroatoms. The van der Waals surface area contributed by atoms with E-state index in [-0.39, 0.29) is 0 Å². The van der Waals surface area contributed by atoms with E-state index in [4.69, 9.17) is 4.74 Å². The molecule has 104 valence electrons. The molecule has 0 aliphatic heterocycles. The number of rotatable bonds is 8. The zero-order valence-electron chi connectivity index (χ0n) is 11.1. The molecule has 2 aromatic heterocycles. The van der Waals surface area contributed by atoms with Gasteiger partial charge in [-0.2, -0.15) is 0 Å². The molecule has 0 amide bonds. The third-order valence-corrected chi connectivity index (χ3v) is 3.13. The maximum Gasteiger partial charge on any atom is 0.180 e. The van der Waals surface area contributed by atoms with Gasteiger partial charge in [0.15, 0.2) is 11.5 Å². The molecule has 0 aliphatic carbocycles. The van der Waals surface area contributed by atoms with Crippen molar-refractivity contribution in [2.45, 2.75) is 26.2 Å². The van der Waals surface area contributed by atoms with E-state index >= 15 is 0 Å². The van der Waals surface area contributed by atoms with Crippen molar-refractivity contribution in [1.29, 1.82) is 0 Å². The van der Waals surface area contributed by atoms with Gasteiger partial charge in [-0.3, -0.25) is 0 Å². The first-order valence-electron chi connectivity index (χ1n) is 6.62. The van der Waals surface area contributed by atoms with Crippen molar-refractivity contribution in [3.8, 4) is 0 Å². The van der Waals surface area contributed by atoms with Gasteiger partial charge in [0.1, 0.15) is 4.60 Å². The van der Waals surface area contributed by atoms with E-state index in [0.717, 1.165) is 48.7 Å². The van der Waals surface area contributed by atoms with Crippen LogP contribution in [-0.4, -0.2) is 34.1 Å². The van der Waals surface area contributed by atoms with Crippen LogP contribution < -0.4 is 5.32 Å². The largest absolute Gasteiger partial charge is 0.381 e. The average Bonchev–Trinajstić information content (AvgIpc) is 2.85. The Morgan fingerprint density at radius 3 is 3.05 bits per heavy atom. The number of nitrogens with zero attached hydrogens (tertiary/aromatic N) is 3. The predicted molar refractivity (Wildman–Crippen MR) is 79.5 cm³/mol. The van der Waals surface area contributed by atoms with E-state index in [9.17, 15) is 0 Å². The second kappa shape index (κ2) is 7.45. The van der Waals surface area contributed by atoms with Gasteiger partial charge in [0, 0.05) is 38.3 Å². The molecule has 2 rings (SSSR count). The number of halogens is 1. The number of unbranched alkanes of at least 4 members (excludes halogenated alkanes) is 1. The number of imidazole rings is 1. The van der Waals surface area contributed by atoms with Crippen LogP contribution in [0.2, 0.25) is 0 Å². The fourth-order valence-electron chi connectivity index (χ4n) is 1.75. The van der Waals surface area contributed by atoms with Crippen LogP contribution in [0.1, 0.15) is 26.2 Å². The van der Waals surface area contributed by atoms with E-state index in [1.165, 1.54) is 6.42 Å². The van der Waals surface area contributed by atoms with Crippen LogP contribution in [0.15, 0.2) is 23.2 Å². The molecule has 0 saturated carbocycles. The first kappa shape index (κ1) is 14.3. The fraction of sp³-hybridized carbons (Fsp3) is 0.538. The molecule has 0 bridgehead atoms. The van der Waals surface area contributed by atoms with Crippen LogP contribution in [-0.2, 0) is 4.74 Å². The molecule has 2 aromatic rings. The maximum absolute atomic E-state index is 5.52. The summed E-state index contributed by atoms with van der Waals surface area (Å²) in [6.07, 6.45) is 8.84. The monoisotopic (exact) mass is 326 g/mol. The van der Waals surface area contributed by atoms with Gasteiger partial charge in [-0.25, -0.2) is 9.97 Å². The molecule has 0 radical (unpaired) electrons. The third-order valence-electron chi connectivity index (χ3n) is 2.74. The van der Waals surface area contributed by atoms with Crippen LogP contribution in [0.25, 0.3) is 5.65 Å². The van der Waals surface area contributed by atoms with Crippen molar-refractivity contribution in [1.82, 2.24) is 14.4 Å². The highest BCUT2D eigenvalue weighted by atomic mass is 79.9. The molecule has 0 unspecified atom stereocenters. The van der Waals surface area contributed by atoms with Crippen LogP contribution in [0, 0.1) is 0 Å². The Morgan fingerprint density at radius 1 is 1.37 bits per heavy atom. The minimum Gasteiger partial charge on any atom is -0.381 e. The molecular weight excluding hydrogens is 308 g/mol. The zero-order chi connectivity index (χ0) is 13.5. The molecule has 0 spiro atoms. The van der Waals surface area contributed by atoms with Crippen LogP contribution in [0.3, 0.4) is 0 Å². The summed E-state index contributed by atoms with van der Waals surface area (Å²) in [5.74, 6) is 0.799. The molecule has 19 heavy (non-hydrogen) atoms. The van der Waals surface area contributed by atoms with Gasteiger partial charge in [0.2, 0.25) is 0 Å². The summed E-state index contributed by atoms with van der Waals surface area (Å²) >= 11 is 3.39. The Kier molecular flexibility index (Phi) is 5.60. The normalized spacial score (nSPS) is 11.1. The van der Waals surface area contributed by atoms with Gasteiger partial charge < -0.3 is 14.5 Å². The highest BCUT2D eigenvalue weighted by Crippen LogP contribution is 2.16. The van der Waals surface area contributed by atoms with Crippen LogP contribution >= 0.6 is 15.9 Å². The molecule has 0 aliphatic rings. The maximum atomic E-state index is 5.52. The molecule has 0 aromatic carbocycles. The standard InChI is InChI=1S/C13H19BrN4O/c1-2-3-8-19-9-4-5-15-12-13-16-6-7-18(13)10-11(14)17-12/h6-7,10H,2-5,8-9H2,1H3,(H,15,17). The molecule has 0 atom stereocenters. The summed E-state index contributed by atoms with van der Waals surface area (Å²) in [6.45, 7) is 4.64. The van der Waals surface area contributed by atoms with E-state index < -0.39 is 0 Å². The van der Waals surface area contributed by atoms with Crippen molar-refractivity contribution in [3.63, 3.8) is 0 Å². The topological polar surface area (TPSA) is 51.5 Å². The lowest BCUT2D eigenvalue weighted by Crippen LogP contribution is -2.09. The third kappa shape index (κ3) is 4.18. The van der Waals surface area contributed by atoms with Gasteiger partial charge in [-0.05, 0) is 28.8 Å². The number of nitrogens with one attached hydrogen (secondary N) is 1. The summed E-state index contributed by atoms with van der Waals surface area (Å²) < 4.78 is 8.25. The smallest absolute Gasteiger partial charge is 0.180 e. The van der Waals surface area contributed by atoms with E-state index in [1.807, 2.05) is 16.8 Å². The number of fused-ring (bicyclic) bond motifs is 1. The Balaban J connectivity index is 1.79. The first-order valence-corrected chi connectivity index (χ1v) is 7.41. The van der Waals surface area contributed by atoms with Gasteiger partial charge in [0.05, 0.1) is 0 Å². The van der Waals surface area contributed by atoms with Crippen LogP contribution in [0.4, 0.5) is 5.82 Å². The Labute approximate surface area is 121 Å². The summed E-state index contributed by atoms with van der Waals surface area (Å²) in [7, 11) is 0. The van der Waals surface area contributed by atoms with E-state index in [2.05, 4.69) is 38.1 Å². The van der Waals surface area contributed by atoms with E-state index in [1.54, 1.807) is 6.20 Å². The SMILES string of the molecule is CCCCOCCCNc1nc(Br)cn2ccnc12. The Bertz CT molecular complexity index is 514. The minimum atomic E-state index is 0.783. The van der Waals surface area contributed by atoms with Gasteiger partial charge in [0.25, 0.3) is 0 Å². The van der Waals surface area contributed by atoms with Crippen molar-refractivity contribution < 1.29 is 4.74 Å². The van der Waals surface area contributed by atoms with Crippen molar-refractivity contribution in [2.75, 3.05) is 25.1 Å². The van der Waals surface area contributed by atoms with Crippen molar-refractivity contribution in [2.24, 2.45) is 0 Å². The lowest BCUT2D eigenvalue weighted by atomic mass is 10.3. The van der Waals surface area contributed by atoms with Crippen molar-refractivity contribution >= 4 is 27.4 Å². The van der Waals surface area contributed by atoms with Gasteiger partial charge >= 0.3 is 0 Å². The zero-order valence-corrected chi connectivity index (χ0v) is 12.7. The average molecular weight is 327 g/mol. The van der Waals surface area contributed by atoms with E-state index in [0.29, 0.717) is 0 Å². The summed E-state index contributed by atoms with van der Waals surface area (Å²) in [5, 5.41) is 3.30.